The van der Waals surface area contributed by atoms with E-state index in [0.29, 0.717) is 25.9 Å². The van der Waals surface area contributed by atoms with Crippen molar-refractivity contribution in [3.05, 3.63) is 30.3 Å². The number of esters is 1. The number of hydrogen-bond acceptors (Lipinski definition) is 4. The van der Waals surface area contributed by atoms with E-state index in [-0.39, 0.29) is 42.5 Å². The first-order valence-corrected chi connectivity index (χ1v) is 10.5. The van der Waals surface area contributed by atoms with Crippen LogP contribution in [0.4, 0.5) is 10.5 Å². The number of carbonyl (C=O) groups is 3. The minimum absolute atomic E-state index is 0.113. The highest BCUT2D eigenvalue weighted by Crippen LogP contribution is 2.23. The maximum absolute atomic E-state index is 12.5. The summed E-state index contributed by atoms with van der Waals surface area (Å²) in [6.45, 7) is 4.89. The Morgan fingerprint density at radius 2 is 1.62 bits per heavy atom. The molecular formula is C22H31N3O4. The molecule has 2 aliphatic rings. The fraction of sp³-hybridized carbons (Fsp3) is 0.591. The van der Waals surface area contributed by atoms with Gasteiger partial charge >= 0.3 is 12.0 Å². The Hall–Kier alpha value is -2.57. The highest BCUT2D eigenvalue weighted by molar-refractivity contribution is 5.89. The van der Waals surface area contributed by atoms with Crippen molar-refractivity contribution in [2.75, 3.05) is 25.0 Å². The van der Waals surface area contributed by atoms with Gasteiger partial charge < -0.3 is 19.9 Å². The number of para-hydroxylation sites is 1. The van der Waals surface area contributed by atoms with E-state index in [2.05, 4.69) is 5.32 Å². The van der Waals surface area contributed by atoms with Gasteiger partial charge in [0.05, 0.1) is 5.92 Å². The van der Waals surface area contributed by atoms with E-state index in [1.165, 1.54) is 0 Å². The number of carbonyl (C=O) groups excluding carboxylic acids is 3. The zero-order chi connectivity index (χ0) is 20.8. The lowest BCUT2D eigenvalue weighted by molar-refractivity contribution is -0.158. The summed E-state index contributed by atoms with van der Waals surface area (Å²) in [5, 5.41) is 2.86. The van der Waals surface area contributed by atoms with Crippen LogP contribution in [-0.4, -0.2) is 59.5 Å². The van der Waals surface area contributed by atoms with E-state index >= 15 is 0 Å². The molecule has 158 valence electrons. The first-order valence-electron chi connectivity index (χ1n) is 10.5. The standard InChI is InChI=1S/C22H31N3O4/c1-16-7-6-8-17(2)25(16)20(26)15-29-21(27)18-11-13-24(14-12-18)22(28)23-19-9-4-3-5-10-19/h3-5,9-10,16-18H,6-8,11-15H2,1-2H3,(H,23,28)/t16-,17+. The van der Waals surface area contributed by atoms with Crippen LogP contribution < -0.4 is 5.32 Å². The molecule has 0 bridgehead atoms. The number of likely N-dealkylation sites (tertiary alicyclic amines) is 2. The molecule has 29 heavy (non-hydrogen) atoms. The molecule has 7 nitrogen and oxygen atoms in total. The minimum Gasteiger partial charge on any atom is -0.455 e. The van der Waals surface area contributed by atoms with Crippen molar-refractivity contribution >= 4 is 23.6 Å². The third kappa shape index (κ3) is 5.49. The molecule has 2 saturated heterocycles. The minimum atomic E-state index is -0.334. The summed E-state index contributed by atoms with van der Waals surface area (Å²) in [5.74, 6) is -0.712. The van der Waals surface area contributed by atoms with Gasteiger partial charge in [0.15, 0.2) is 6.61 Å². The van der Waals surface area contributed by atoms with Crippen molar-refractivity contribution in [3.63, 3.8) is 0 Å². The summed E-state index contributed by atoms with van der Waals surface area (Å²) in [5.41, 5.74) is 0.749. The number of urea groups is 1. The number of piperidine rings is 2. The van der Waals surface area contributed by atoms with Gasteiger partial charge in [0.25, 0.3) is 5.91 Å². The first-order chi connectivity index (χ1) is 14.0. The Morgan fingerprint density at radius 3 is 2.24 bits per heavy atom. The summed E-state index contributed by atoms with van der Waals surface area (Å²) in [6.07, 6.45) is 4.21. The number of benzene rings is 1. The molecule has 7 heteroatoms. The normalized spacial score (nSPS) is 22.8. The molecule has 2 atom stereocenters. The van der Waals surface area contributed by atoms with Gasteiger partial charge in [0.1, 0.15) is 0 Å². The van der Waals surface area contributed by atoms with Gasteiger partial charge in [0, 0.05) is 30.9 Å². The molecule has 2 aliphatic heterocycles. The van der Waals surface area contributed by atoms with E-state index in [4.69, 9.17) is 4.74 Å². The van der Waals surface area contributed by atoms with Crippen molar-refractivity contribution in [2.24, 2.45) is 5.92 Å². The summed E-state index contributed by atoms with van der Waals surface area (Å²) >= 11 is 0. The topological polar surface area (TPSA) is 79.0 Å². The van der Waals surface area contributed by atoms with Gasteiger partial charge in [-0.05, 0) is 58.1 Å². The van der Waals surface area contributed by atoms with Crippen molar-refractivity contribution in [3.8, 4) is 0 Å². The zero-order valence-electron chi connectivity index (χ0n) is 17.3. The van der Waals surface area contributed by atoms with E-state index < -0.39 is 0 Å². The van der Waals surface area contributed by atoms with Crippen LogP contribution in [0.5, 0.6) is 0 Å². The Bertz CT molecular complexity index is 706. The molecule has 0 saturated carbocycles. The van der Waals surface area contributed by atoms with Crippen molar-refractivity contribution < 1.29 is 19.1 Å². The number of anilines is 1. The number of ether oxygens (including phenoxy) is 1. The van der Waals surface area contributed by atoms with Crippen LogP contribution in [0.2, 0.25) is 0 Å². The Labute approximate surface area is 172 Å². The maximum Gasteiger partial charge on any atom is 0.321 e. The average molecular weight is 402 g/mol. The van der Waals surface area contributed by atoms with E-state index in [1.807, 2.05) is 49.1 Å². The van der Waals surface area contributed by atoms with Crippen LogP contribution in [0.25, 0.3) is 0 Å². The highest BCUT2D eigenvalue weighted by Gasteiger charge is 2.32. The molecule has 0 unspecified atom stereocenters. The molecule has 0 aromatic heterocycles. The molecule has 2 fully saturated rings. The first kappa shape index (κ1) is 21.1. The average Bonchev–Trinajstić information content (AvgIpc) is 2.72. The third-order valence-corrected chi connectivity index (χ3v) is 5.96. The Balaban J connectivity index is 1.41. The number of amides is 3. The second-order valence-electron chi connectivity index (χ2n) is 8.10. The molecule has 1 N–H and O–H groups in total. The molecule has 0 spiro atoms. The molecule has 2 heterocycles. The van der Waals surface area contributed by atoms with Crippen molar-refractivity contribution in [1.82, 2.24) is 9.80 Å². The predicted molar refractivity (Wildman–Crippen MR) is 110 cm³/mol. The van der Waals surface area contributed by atoms with Crippen LogP contribution in [-0.2, 0) is 14.3 Å². The molecule has 1 aromatic carbocycles. The lowest BCUT2D eigenvalue weighted by atomic mass is 9.97. The number of hydrogen-bond donors (Lipinski definition) is 1. The van der Waals surface area contributed by atoms with E-state index in [1.54, 1.807) is 4.90 Å². The second kappa shape index (κ2) is 9.76. The zero-order valence-corrected chi connectivity index (χ0v) is 17.3. The molecular weight excluding hydrogens is 370 g/mol. The maximum atomic E-state index is 12.5. The van der Waals surface area contributed by atoms with Crippen molar-refractivity contribution in [2.45, 2.75) is 58.0 Å². The van der Waals surface area contributed by atoms with Crippen LogP contribution in [0.15, 0.2) is 30.3 Å². The fourth-order valence-corrected chi connectivity index (χ4v) is 4.28. The number of nitrogens with one attached hydrogen (secondary N) is 1. The van der Waals surface area contributed by atoms with Gasteiger partial charge in [-0.25, -0.2) is 4.79 Å². The van der Waals surface area contributed by atoms with Gasteiger partial charge in [0.2, 0.25) is 0 Å². The molecule has 0 radical (unpaired) electrons. The largest absolute Gasteiger partial charge is 0.455 e. The molecule has 3 amide bonds. The predicted octanol–water partition coefficient (Wildman–Crippen LogP) is 3.26. The monoisotopic (exact) mass is 401 g/mol. The SMILES string of the molecule is C[C@@H]1CCC[C@H](C)N1C(=O)COC(=O)C1CCN(C(=O)Nc2ccccc2)CC1. The Morgan fingerprint density at radius 1 is 1.00 bits per heavy atom. The van der Waals surface area contributed by atoms with Crippen LogP contribution in [0.1, 0.15) is 46.0 Å². The van der Waals surface area contributed by atoms with E-state index in [9.17, 15) is 14.4 Å². The smallest absolute Gasteiger partial charge is 0.321 e. The second-order valence-corrected chi connectivity index (χ2v) is 8.10. The summed E-state index contributed by atoms with van der Waals surface area (Å²) in [4.78, 5) is 40.8. The van der Waals surface area contributed by atoms with Crippen LogP contribution >= 0.6 is 0 Å². The highest BCUT2D eigenvalue weighted by atomic mass is 16.5. The van der Waals surface area contributed by atoms with Gasteiger partial charge in [-0.2, -0.15) is 0 Å². The van der Waals surface area contributed by atoms with Gasteiger partial charge in [-0.3, -0.25) is 9.59 Å². The lowest BCUT2D eigenvalue weighted by Crippen LogP contribution is -2.49. The van der Waals surface area contributed by atoms with Crippen LogP contribution in [0, 0.1) is 5.92 Å². The third-order valence-electron chi connectivity index (χ3n) is 5.96. The quantitative estimate of drug-likeness (QED) is 0.786. The molecule has 3 rings (SSSR count). The fourth-order valence-electron chi connectivity index (χ4n) is 4.28. The lowest BCUT2D eigenvalue weighted by Gasteiger charge is -2.39. The van der Waals surface area contributed by atoms with Crippen LogP contribution in [0.3, 0.4) is 0 Å². The van der Waals surface area contributed by atoms with Crippen molar-refractivity contribution in [1.29, 1.82) is 0 Å². The molecule has 1 aromatic rings. The summed E-state index contributed by atoms with van der Waals surface area (Å²) in [7, 11) is 0. The summed E-state index contributed by atoms with van der Waals surface area (Å²) < 4.78 is 5.34. The molecule has 0 aliphatic carbocycles. The van der Waals surface area contributed by atoms with Gasteiger partial charge in [-0.1, -0.05) is 18.2 Å². The Kier molecular flexibility index (Phi) is 7.12. The van der Waals surface area contributed by atoms with Gasteiger partial charge in [-0.15, -0.1) is 0 Å². The summed E-state index contributed by atoms with van der Waals surface area (Å²) in [6, 6.07) is 9.52. The van der Waals surface area contributed by atoms with E-state index in [0.717, 1.165) is 24.9 Å². The number of nitrogens with zero attached hydrogens (tertiary/aromatic N) is 2. The number of rotatable bonds is 4.